The van der Waals surface area contributed by atoms with Gasteiger partial charge in [0, 0.05) is 33.5 Å². The van der Waals surface area contributed by atoms with Crippen molar-refractivity contribution in [2.45, 2.75) is 26.8 Å². The van der Waals surface area contributed by atoms with Crippen LogP contribution in [0, 0.1) is 0 Å². The maximum atomic E-state index is 12.5. The Kier molecular flexibility index (Phi) is 7.75. The normalized spacial score (nSPS) is 10.2. The van der Waals surface area contributed by atoms with E-state index in [0.29, 0.717) is 17.8 Å². The highest BCUT2D eigenvalue weighted by molar-refractivity contribution is 6.02. The van der Waals surface area contributed by atoms with Gasteiger partial charge in [-0.05, 0) is 24.6 Å². The summed E-state index contributed by atoms with van der Waals surface area (Å²) in [5, 5.41) is 0. The molecule has 0 aliphatic carbocycles. The fraction of sp³-hybridized carbons (Fsp3) is 0.318. The summed E-state index contributed by atoms with van der Waals surface area (Å²) in [6.07, 6.45) is 0.153. The molecule has 6 heteroatoms. The lowest BCUT2D eigenvalue weighted by Gasteiger charge is -2.24. The molecule has 28 heavy (non-hydrogen) atoms. The topological polar surface area (TPSA) is 66.9 Å². The van der Waals surface area contributed by atoms with Crippen molar-refractivity contribution in [3.05, 3.63) is 65.7 Å². The highest BCUT2D eigenvalue weighted by atomic mass is 16.5. The third-order valence-corrected chi connectivity index (χ3v) is 4.31. The first-order valence-electron chi connectivity index (χ1n) is 9.26. The van der Waals surface area contributed by atoms with Gasteiger partial charge in [-0.15, -0.1) is 0 Å². The van der Waals surface area contributed by atoms with Crippen molar-refractivity contribution >= 4 is 23.5 Å². The maximum absolute atomic E-state index is 12.5. The molecule has 148 valence electrons. The number of rotatable bonds is 8. The Morgan fingerprint density at radius 1 is 0.964 bits per heavy atom. The summed E-state index contributed by atoms with van der Waals surface area (Å²) in [4.78, 5) is 40.0. The molecule has 0 unspecified atom stereocenters. The van der Waals surface area contributed by atoms with Crippen molar-refractivity contribution in [3.8, 4) is 0 Å². The number of benzene rings is 2. The molecule has 2 aromatic carbocycles. The predicted octanol–water partition coefficient (Wildman–Crippen LogP) is 3.26. The average Bonchev–Trinajstić information content (AvgIpc) is 2.69. The van der Waals surface area contributed by atoms with Gasteiger partial charge in [0.1, 0.15) is 0 Å². The smallest absolute Gasteiger partial charge is 0.340 e. The maximum Gasteiger partial charge on any atom is 0.340 e. The number of nitrogens with zero attached hydrogens (tertiary/aromatic N) is 2. The van der Waals surface area contributed by atoms with Gasteiger partial charge in [0.2, 0.25) is 11.8 Å². The van der Waals surface area contributed by atoms with Crippen molar-refractivity contribution in [3.63, 3.8) is 0 Å². The molecule has 0 fully saturated rings. The molecule has 0 saturated carbocycles. The minimum Gasteiger partial charge on any atom is -0.462 e. The first-order valence-corrected chi connectivity index (χ1v) is 9.26. The average molecular weight is 382 g/mol. The van der Waals surface area contributed by atoms with E-state index in [4.69, 9.17) is 4.74 Å². The van der Waals surface area contributed by atoms with E-state index in [9.17, 15) is 14.4 Å². The number of hydrogen-bond donors (Lipinski definition) is 0. The van der Waals surface area contributed by atoms with Gasteiger partial charge < -0.3 is 14.5 Å². The Morgan fingerprint density at radius 3 is 2.25 bits per heavy atom. The SMILES string of the molecule is CCOC(=O)c1ccccc1N(CCC(=O)N(C)Cc1ccccc1)C(C)=O. The van der Waals surface area contributed by atoms with Crippen LogP contribution in [0.3, 0.4) is 0 Å². The second-order valence-corrected chi connectivity index (χ2v) is 6.39. The molecule has 0 N–H and O–H groups in total. The van der Waals surface area contributed by atoms with Gasteiger partial charge in [-0.3, -0.25) is 9.59 Å². The lowest BCUT2D eigenvalue weighted by Crippen LogP contribution is -2.35. The van der Waals surface area contributed by atoms with Crippen LogP contribution in [0.5, 0.6) is 0 Å². The number of carbonyl (C=O) groups is 3. The molecule has 0 aromatic heterocycles. The van der Waals surface area contributed by atoms with Crippen LogP contribution < -0.4 is 4.90 Å². The van der Waals surface area contributed by atoms with E-state index in [1.807, 2.05) is 30.3 Å². The van der Waals surface area contributed by atoms with Crippen molar-refractivity contribution in [1.82, 2.24) is 4.90 Å². The number of anilines is 1. The molecule has 0 aliphatic rings. The van der Waals surface area contributed by atoms with Crippen LogP contribution in [0.1, 0.15) is 36.2 Å². The first-order chi connectivity index (χ1) is 13.4. The Hall–Kier alpha value is -3.15. The summed E-state index contributed by atoms with van der Waals surface area (Å²) >= 11 is 0. The van der Waals surface area contributed by atoms with Gasteiger partial charge >= 0.3 is 5.97 Å². The molecule has 0 bridgehead atoms. The van der Waals surface area contributed by atoms with Crippen molar-refractivity contribution in [2.75, 3.05) is 25.1 Å². The van der Waals surface area contributed by atoms with Crippen molar-refractivity contribution in [1.29, 1.82) is 0 Å². The molecule has 0 atom stereocenters. The number of amides is 2. The van der Waals surface area contributed by atoms with Crippen LogP contribution >= 0.6 is 0 Å². The van der Waals surface area contributed by atoms with Crippen LogP contribution in [-0.2, 0) is 20.9 Å². The lowest BCUT2D eigenvalue weighted by atomic mass is 10.1. The van der Waals surface area contributed by atoms with Crippen LogP contribution in [0.25, 0.3) is 0 Å². The molecule has 2 amide bonds. The van der Waals surface area contributed by atoms with Gasteiger partial charge in [-0.1, -0.05) is 42.5 Å². The Bertz CT molecular complexity index is 820. The third-order valence-electron chi connectivity index (χ3n) is 4.31. The molecular weight excluding hydrogens is 356 g/mol. The zero-order valence-electron chi connectivity index (χ0n) is 16.6. The standard InChI is InChI=1S/C22H26N2O4/c1-4-28-22(27)19-12-8-9-13-20(19)24(17(2)25)15-14-21(26)23(3)16-18-10-6-5-7-11-18/h5-13H,4,14-16H2,1-3H3. The number of esters is 1. The summed E-state index contributed by atoms with van der Waals surface area (Å²) in [6.45, 7) is 4.07. The Balaban J connectivity index is 2.09. The number of para-hydroxylation sites is 1. The Labute approximate surface area is 165 Å². The summed E-state index contributed by atoms with van der Waals surface area (Å²) < 4.78 is 5.08. The number of carbonyl (C=O) groups excluding carboxylic acids is 3. The summed E-state index contributed by atoms with van der Waals surface area (Å²) in [7, 11) is 1.74. The molecular formula is C22H26N2O4. The van der Waals surface area contributed by atoms with Gasteiger partial charge in [-0.2, -0.15) is 0 Å². The molecule has 6 nitrogen and oxygen atoms in total. The third kappa shape index (κ3) is 5.67. The highest BCUT2D eigenvalue weighted by Gasteiger charge is 2.21. The van der Waals surface area contributed by atoms with Gasteiger partial charge in [0.05, 0.1) is 17.9 Å². The number of hydrogen-bond acceptors (Lipinski definition) is 4. The molecule has 2 rings (SSSR count). The largest absolute Gasteiger partial charge is 0.462 e. The van der Waals surface area contributed by atoms with Crippen LogP contribution in [-0.4, -0.2) is 42.9 Å². The van der Waals surface area contributed by atoms with E-state index in [1.165, 1.54) is 11.8 Å². The van der Waals surface area contributed by atoms with Crippen LogP contribution in [0.4, 0.5) is 5.69 Å². The molecule has 2 aromatic rings. The summed E-state index contributed by atoms with van der Waals surface area (Å²) in [5.41, 5.74) is 1.80. The van der Waals surface area contributed by atoms with E-state index in [1.54, 1.807) is 43.1 Å². The van der Waals surface area contributed by atoms with Gasteiger partial charge in [0.15, 0.2) is 0 Å². The second kappa shape index (κ2) is 10.3. The van der Waals surface area contributed by atoms with Crippen LogP contribution in [0.15, 0.2) is 54.6 Å². The predicted molar refractivity (Wildman–Crippen MR) is 108 cm³/mol. The Morgan fingerprint density at radius 2 is 1.61 bits per heavy atom. The second-order valence-electron chi connectivity index (χ2n) is 6.39. The van der Waals surface area contributed by atoms with Gasteiger partial charge in [-0.25, -0.2) is 4.79 Å². The van der Waals surface area contributed by atoms with Crippen LogP contribution in [0.2, 0.25) is 0 Å². The molecule has 0 spiro atoms. The molecule has 0 heterocycles. The zero-order valence-corrected chi connectivity index (χ0v) is 16.6. The van der Waals surface area contributed by atoms with Crippen molar-refractivity contribution in [2.24, 2.45) is 0 Å². The number of ether oxygens (including phenoxy) is 1. The fourth-order valence-corrected chi connectivity index (χ4v) is 2.88. The minimum atomic E-state index is -0.489. The minimum absolute atomic E-state index is 0.0799. The quantitative estimate of drug-likeness (QED) is 0.657. The highest BCUT2D eigenvalue weighted by Crippen LogP contribution is 2.22. The lowest BCUT2D eigenvalue weighted by molar-refractivity contribution is -0.130. The van der Waals surface area contributed by atoms with E-state index in [2.05, 4.69) is 0 Å². The summed E-state index contributed by atoms with van der Waals surface area (Å²) in [5.74, 6) is -0.809. The van der Waals surface area contributed by atoms with E-state index >= 15 is 0 Å². The summed E-state index contributed by atoms with van der Waals surface area (Å²) in [6, 6.07) is 16.5. The first kappa shape index (κ1) is 21.2. The zero-order chi connectivity index (χ0) is 20.5. The molecule has 0 aliphatic heterocycles. The monoisotopic (exact) mass is 382 g/mol. The van der Waals surface area contributed by atoms with E-state index in [-0.39, 0.29) is 31.4 Å². The van der Waals surface area contributed by atoms with E-state index < -0.39 is 5.97 Å². The van der Waals surface area contributed by atoms with Crippen molar-refractivity contribution < 1.29 is 19.1 Å². The molecule has 0 radical (unpaired) electrons. The molecule has 0 saturated heterocycles. The van der Waals surface area contributed by atoms with Gasteiger partial charge in [0.25, 0.3) is 0 Å². The fourth-order valence-electron chi connectivity index (χ4n) is 2.88. The van der Waals surface area contributed by atoms with E-state index in [0.717, 1.165) is 5.56 Å².